The third-order valence-corrected chi connectivity index (χ3v) is 4.23. The largest absolute Gasteiger partial charge is 0.465 e. The van der Waals surface area contributed by atoms with E-state index < -0.39 is 11.5 Å². The molecule has 0 unspecified atom stereocenters. The fraction of sp³-hybridized carbons (Fsp3) is 0.400. The van der Waals surface area contributed by atoms with Crippen molar-refractivity contribution in [2.75, 3.05) is 13.7 Å². The number of benzene rings is 1. The molecule has 1 heterocycles. The molecule has 1 aromatic heterocycles. The molecule has 1 N–H and O–H groups in total. The smallest absolute Gasteiger partial charge is 0.356 e. The summed E-state index contributed by atoms with van der Waals surface area (Å²) in [4.78, 5) is 36.5. The summed E-state index contributed by atoms with van der Waals surface area (Å²) in [6, 6.07) is 8.32. The Morgan fingerprint density at radius 1 is 1.21 bits per heavy atom. The monoisotopic (exact) mass is 385 g/mol. The topological polar surface area (TPSA) is 114 Å². The molecular formula is C20H23N3O5. The molecule has 0 saturated carbocycles. The van der Waals surface area contributed by atoms with Gasteiger partial charge in [0, 0.05) is 12.8 Å². The van der Waals surface area contributed by atoms with E-state index >= 15 is 0 Å². The third kappa shape index (κ3) is 5.10. The normalized spacial score (nSPS) is 10.3. The number of nitrogens with zero attached hydrogens (tertiary/aromatic N) is 2. The second-order valence-corrected chi connectivity index (χ2v) is 6.18. The molecular weight excluding hydrogens is 362 g/mol. The Kier molecular flexibility index (Phi) is 7.57. The average Bonchev–Trinajstić information content (AvgIpc) is 3.04. The molecule has 0 spiro atoms. The van der Waals surface area contributed by atoms with Gasteiger partial charge in [0.05, 0.1) is 36.6 Å². The van der Waals surface area contributed by atoms with Crippen molar-refractivity contribution in [3.63, 3.8) is 0 Å². The SMILES string of the molecule is CCCCCC(=O)OCCc1c(C(=O)OC)[nH]n(-c2ccc(C#N)cc2)c1=O. The highest BCUT2D eigenvalue weighted by atomic mass is 16.5. The predicted octanol–water partition coefficient (Wildman–Crippen LogP) is 2.49. The van der Waals surface area contributed by atoms with E-state index in [-0.39, 0.29) is 30.3 Å². The van der Waals surface area contributed by atoms with E-state index in [0.717, 1.165) is 19.3 Å². The van der Waals surface area contributed by atoms with E-state index in [0.29, 0.717) is 17.7 Å². The standard InChI is InChI=1S/C20H23N3O5/c1-3-4-5-6-17(24)28-12-11-16-18(20(26)27-2)22-23(19(16)25)15-9-7-14(13-21)8-10-15/h7-10,22H,3-6,11-12H2,1-2H3. The number of ether oxygens (including phenoxy) is 2. The van der Waals surface area contributed by atoms with E-state index in [2.05, 4.69) is 5.10 Å². The number of unbranched alkanes of at least 4 members (excludes halogenated alkanes) is 2. The summed E-state index contributed by atoms with van der Waals surface area (Å²) in [6.07, 6.45) is 3.14. The van der Waals surface area contributed by atoms with Crippen LogP contribution in [-0.4, -0.2) is 35.4 Å². The lowest BCUT2D eigenvalue weighted by molar-refractivity contribution is -0.143. The average molecular weight is 385 g/mol. The van der Waals surface area contributed by atoms with E-state index in [4.69, 9.17) is 14.7 Å². The number of nitrogens with one attached hydrogen (secondary N) is 1. The van der Waals surface area contributed by atoms with Crippen LogP contribution in [0.2, 0.25) is 0 Å². The molecule has 148 valence electrons. The van der Waals surface area contributed by atoms with Gasteiger partial charge in [0.2, 0.25) is 0 Å². The van der Waals surface area contributed by atoms with Crippen LogP contribution in [0.5, 0.6) is 0 Å². The molecule has 8 nitrogen and oxygen atoms in total. The molecule has 0 atom stereocenters. The lowest BCUT2D eigenvalue weighted by Crippen LogP contribution is -2.19. The maximum absolute atomic E-state index is 12.8. The van der Waals surface area contributed by atoms with Crippen LogP contribution in [0, 0.1) is 11.3 Å². The van der Waals surface area contributed by atoms with Gasteiger partial charge in [-0.3, -0.25) is 14.7 Å². The molecule has 0 aliphatic rings. The number of hydrogen-bond acceptors (Lipinski definition) is 6. The third-order valence-electron chi connectivity index (χ3n) is 4.23. The van der Waals surface area contributed by atoms with Crippen LogP contribution in [-0.2, 0) is 20.7 Å². The van der Waals surface area contributed by atoms with Crippen molar-refractivity contribution in [1.29, 1.82) is 5.26 Å². The van der Waals surface area contributed by atoms with Crippen LogP contribution in [0.1, 0.15) is 54.2 Å². The Morgan fingerprint density at radius 3 is 2.54 bits per heavy atom. The number of carbonyl (C=O) groups is 2. The number of rotatable bonds is 9. The minimum absolute atomic E-state index is 0.00455. The first kappa shape index (κ1) is 21.0. The van der Waals surface area contributed by atoms with E-state index in [1.54, 1.807) is 24.3 Å². The Hall–Kier alpha value is -3.34. The molecule has 28 heavy (non-hydrogen) atoms. The summed E-state index contributed by atoms with van der Waals surface area (Å²) < 4.78 is 11.1. The molecule has 0 amide bonds. The van der Waals surface area contributed by atoms with Crippen molar-refractivity contribution < 1.29 is 19.1 Å². The van der Waals surface area contributed by atoms with Gasteiger partial charge in [-0.2, -0.15) is 5.26 Å². The number of nitriles is 1. The molecule has 0 radical (unpaired) electrons. The molecule has 0 aliphatic carbocycles. The van der Waals surface area contributed by atoms with Gasteiger partial charge in [0.15, 0.2) is 0 Å². The van der Waals surface area contributed by atoms with Gasteiger partial charge in [-0.1, -0.05) is 19.8 Å². The van der Waals surface area contributed by atoms with Crippen molar-refractivity contribution in [3.8, 4) is 11.8 Å². The zero-order valence-electron chi connectivity index (χ0n) is 16.0. The van der Waals surface area contributed by atoms with Gasteiger partial charge >= 0.3 is 11.9 Å². The van der Waals surface area contributed by atoms with Crippen molar-refractivity contribution in [3.05, 3.63) is 51.4 Å². The molecule has 0 aliphatic heterocycles. The summed E-state index contributed by atoms with van der Waals surface area (Å²) >= 11 is 0. The fourth-order valence-electron chi connectivity index (χ4n) is 2.70. The van der Waals surface area contributed by atoms with Gasteiger partial charge in [-0.25, -0.2) is 9.48 Å². The molecule has 1 aromatic carbocycles. The number of H-pyrrole nitrogens is 1. The van der Waals surface area contributed by atoms with Gasteiger partial charge in [0.1, 0.15) is 5.69 Å². The molecule has 2 rings (SSSR count). The number of esters is 2. The number of carbonyl (C=O) groups excluding carboxylic acids is 2. The second-order valence-electron chi connectivity index (χ2n) is 6.18. The van der Waals surface area contributed by atoms with Crippen molar-refractivity contribution >= 4 is 11.9 Å². The lowest BCUT2D eigenvalue weighted by atomic mass is 10.2. The van der Waals surface area contributed by atoms with E-state index in [1.807, 2.05) is 13.0 Å². The first-order valence-corrected chi connectivity index (χ1v) is 9.10. The first-order valence-electron chi connectivity index (χ1n) is 9.10. The van der Waals surface area contributed by atoms with Crippen LogP contribution >= 0.6 is 0 Å². The lowest BCUT2D eigenvalue weighted by Gasteiger charge is -2.04. The van der Waals surface area contributed by atoms with Gasteiger partial charge < -0.3 is 9.47 Å². The van der Waals surface area contributed by atoms with Crippen molar-refractivity contribution in [1.82, 2.24) is 9.78 Å². The number of methoxy groups -OCH3 is 1. The second kappa shape index (κ2) is 10.1. The number of aromatic nitrogens is 2. The summed E-state index contributed by atoms with van der Waals surface area (Å²) in [5.74, 6) is -1.01. The highest BCUT2D eigenvalue weighted by molar-refractivity contribution is 5.88. The Morgan fingerprint density at radius 2 is 1.93 bits per heavy atom. The van der Waals surface area contributed by atoms with E-state index in [9.17, 15) is 14.4 Å². The van der Waals surface area contributed by atoms with Gasteiger partial charge in [-0.15, -0.1) is 0 Å². The molecule has 0 fully saturated rings. The van der Waals surface area contributed by atoms with Crippen LogP contribution in [0.15, 0.2) is 29.1 Å². The summed E-state index contributed by atoms with van der Waals surface area (Å²) in [6.45, 7) is 2.04. The van der Waals surface area contributed by atoms with Crippen LogP contribution < -0.4 is 5.56 Å². The quantitative estimate of drug-likeness (QED) is 0.524. The Bertz CT molecular complexity index is 919. The van der Waals surface area contributed by atoms with Crippen LogP contribution in [0.3, 0.4) is 0 Å². The number of hydrogen-bond donors (Lipinski definition) is 1. The fourth-order valence-corrected chi connectivity index (χ4v) is 2.70. The van der Waals surface area contributed by atoms with Gasteiger partial charge in [0.25, 0.3) is 5.56 Å². The highest BCUT2D eigenvalue weighted by Gasteiger charge is 2.21. The molecule has 0 bridgehead atoms. The maximum atomic E-state index is 12.8. The predicted molar refractivity (Wildman–Crippen MR) is 101 cm³/mol. The van der Waals surface area contributed by atoms with E-state index in [1.165, 1.54) is 11.8 Å². The Balaban J connectivity index is 2.19. The summed E-state index contributed by atoms with van der Waals surface area (Å²) in [5, 5.41) is 11.6. The minimum Gasteiger partial charge on any atom is -0.465 e. The molecule has 8 heteroatoms. The maximum Gasteiger partial charge on any atom is 0.356 e. The zero-order valence-corrected chi connectivity index (χ0v) is 16.0. The van der Waals surface area contributed by atoms with Gasteiger partial charge in [-0.05, 0) is 30.7 Å². The molecule has 2 aromatic rings. The summed E-state index contributed by atoms with van der Waals surface area (Å²) in [5.41, 5.74) is 0.673. The van der Waals surface area contributed by atoms with Crippen LogP contribution in [0.25, 0.3) is 5.69 Å². The minimum atomic E-state index is -0.686. The zero-order chi connectivity index (χ0) is 20.5. The molecule has 0 saturated heterocycles. The Labute approximate surface area is 162 Å². The first-order chi connectivity index (χ1) is 13.5. The van der Waals surface area contributed by atoms with Crippen molar-refractivity contribution in [2.24, 2.45) is 0 Å². The van der Waals surface area contributed by atoms with Crippen molar-refractivity contribution in [2.45, 2.75) is 39.0 Å². The summed E-state index contributed by atoms with van der Waals surface area (Å²) in [7, 11) is 1.22. The highest BCUT2D eigenvalue weighted by Crippen LogP contribution is 2.11. The number of aromatic amines is 1. The van der Waals surface area contributed by atoms with Crippen LogP contribution in [0.4, 0.5) is 0 Å².